The Morgan fingerprint density at radius 3 is 2.42 bits per heavy atom. The van der Waals surface area contributed by atoms with Gasteiger partial charge in [-0.15, -0.1) is 0 Å². The Morgan fingerprint density at radius 1 is 1.12 bits per heavy atom. The van der Waals surface area contributed by atoms with Crippen LogP contribution < -0.4 is 15.4 Å². The van der Waals surface area contributed by atoms with Gasteiger partial charge in [0, 0.05) is 11.3 Å². The molecule has 0 aliphatic heterocycles. The highest BCUT2D eigenvalue weighted by atomic mass is 32.1. The fourth-order valence-corrected chi connectivity index (χ4v) is 2.60. The van der Waals surface area contributed by atoms with Crippen molar-refractivity contribution in [1.82, 2.24) is 5.32 Å². The normalized spacial score (nSPS) is 10.5. The minimum atomic E-state index is -0.249. The van der Waals surface area contributed by atoms with Crippen molar-refractivity contribution in [1.29, 1.82) is 0 Å². The molecule has 0 radical (unpaired) electrons. The van der Waals surface area contributed by atoms with Crippen LogP contribution in [0.15, 0.2) is 42.5 Å². The van der Waals surface area contributed by atoms with E-state index in [0.717, 1.165) is 23.4 Å². The number of hydrogen-bond acceptors (Lipinski definition) is 3. The van der Waals surface area contributed by atoms with Gasteiger partial charge in [-0.05, 0) is 74.3 Å². The fraction of sp³-hybridized carbons (Fsp3) is 0.333. The lowest BCUT2D eigenvalue weighted by molar-refractivity contribution is 0.0977. The third kappa shape index (κ3) is 6.15. The molecule has 0 aromatic heterocycles. The fourth-order valence-electron chi connectivity index (χ4n) is 2.40. The monoisotopic (exact) mass is 370 g/mol. The molecule has 4 nitrogen and oxygen atoms in total. The molecule has 2 N–H and O–H groups in total. The number of carbonyl (C=O) groups is 1. The lowest BCUT2D eigenvalue weighted by atomic mass is 10.1. The second-order valence-corrected chi connectivity index (χ2v) is 7.19. The van der Waals surface area contributed by atoms with Crippen LogP contribution in [0.4, 0.5) is 5.69 Å². The number of benzene rings is 2. The summed E-state index contributed by atoms with van der Waals surface area (Å²) in [6, 6.07) is 13.1. The molecule has 26 heavy (non-hydrogen) atoms. The molecule has 2 aromatic carbocycles. The Hall–Kier alpha value is -2.40. The molecular formula is C21H26N2O2S. The van der Waals surface area contributed by atoms with Gasteiger partial charge in [0.1, 0.15) is 5.75 Å². The summed E-state index contributed by atoms with van der Waals surface area (Å²) in [6.45, 7) is 9.02. The maximum Gasteiger partial charge on any atom is 0.257 e. The summed E-state index contributed by atoms with van der Waals surface area (Å²) in [4.78, 5) is 12.3. The van der Waals surface area contributed by atoms with Gasteiger partial charge in [0.15, 0.2) is 5.11 Å². The molecule has 0 saturated heterocycles. The van der Waals surface area contributed by atoms with Crippen molar-refractivity contribution in [3.63, 3.8) is 0 Å². The van der Waals surface area contributed by atoms with Crippen LogP contribution in [0.2, 0.25) is 0 Å². The maximum atomic E-state index is 12.3. The van der Waals surface area contributed by atoms with Gasteiger partial charge in [-0.25, -0.2) is 0 Å². The number of ether oxygens (including phenoxy) is 1. The molecule has 0 saturated carbocycles. The number of thiocarbonyl (C=S) groups is 1. The molecule has 0 aliphatic rings. The summed E-state index contributed by atoms with van der Waals surface area (Å²) < 4.78 is 5.66. The van der Waals surface area contributed by atoms with E-state index in [-0.39, 0.29) is 11.0 Å². The number of aryl methyl sites for hydroxylation is 2. The van der Waals surface area contributed by atoms with E-state index in [2.05, 4.69) is 30.5 Å². The summed E-state index contributed by atoms with van der Waals surface area (Å²) in [5.41, 5.74) is 3.67. The quantitative estimate of drug-likeness (QED) is 0.713. The Kier molecular flexibility index (Phi) is 7.16. The smallest absolute Gasteiger partial charge is 0.257 e. The average molecular weight is 371 g/mol. The van der Waals surface area contributed by atoms with Gasteiger partial charge in [-0.3, -0.25) is 10.1 Å². The van der Waals surface area contributed by atoms with E-state index in [9.17, 15) is 4.79 Å². The van der Waals surface area contributed by atoms with Gasteiger partial charge in [-0.2, -0.15) is 0 Å². The molecule has 0 heterocycles. The zero-order valence-electron chi connectivity index (χ0n) is 15.8. The van der Waals surface area contributed by atoms with Crippen LogP contribution in [0.1, 0.15) is 41.8 Å². The number of nitrogens with one attached hydrogen (secondary N) is 2. The van der Waals surface area contributed by atoms with E-state index >= 15 is 0 Å². The van der Waals surface area contributed by atoms with E-state index in [1.54, 1.807) is 24.3 Å². The van der Waals surface area contributed by atoms with E-state index in [0.29, 0.717) is 18.1 Å². The first-order chi connectivity index (χ1) is 12.3. The minimum Gasteiger partial charge on any atom is -0.494 e. The number of amides is 1. The summed E-state index contributed by atoms with van der Waals surface area (Å²) in [7, 11) is 0. The van der Waals surface area contributed by atoms with Crippen molar-refractivity contribution in [2.24, 2.45) is 5.92 Å². The third-order valence-corrected chi connectivity index (χ3v) is 4.14. The van der Waals surface area contributed by atoms with Gasteiger partial charge in [0.2, 0.25) is 0 Å². The predicted molar refractivity (Wildman–Crippen MR) is 111 cm³/mol. The first kappa shape index (κ1) is 19.9. The third-order valence-electron chi connectivity index (χ3n) is 3.94. The average Bonchev–Trinajstić information content (AvgIpc) is 2.57. The molecular weight excluding hydrogens is 344 g/mol. The number of anilines is 1. The topological polar surface area (TPSA) is 50.4 Å². The molecule has 0 unspecified atom stereocenters. The predicted octanol–water partition coefficient (Wildman–Crippen LogP) is 4.86. The van der Waals surface area contributed by atoms with Crippen molar-refractivity contribution in [2.75, 3.05) is 11.9 Å². The largest absolute Gasteiger partial charge is 0.494 e. The van der Waals surface area contributed by atoms with Crippen LogP contribution in [-0.4, -0.2) is 17.6 Å². The molecule has 0 spiro atoms. The number of carbonyl (C=O) groups excluding carboxylic acids is 1. The molecule has 1 amide bonds. The molecule has 2 aromatic rings. The van der Waals surface area contributed by atoms with Gasteiger partial charge in [-0.1, -0.05) is 31.5 Å². The van der Waals surface area contributed by atoms with Gasteiger partial charge in [0.05, 0.1) is 6.61 Å². The Labute approximate surface area is 161 Å². The van der Waals surface area contributed by atoms with Crippen molar-refractivity contribution in [3.8, 4) is 5.75 Å². The highest BCUT2D eigenvalue weighted by molar-refractivity contribution is 7.80. The molecule has 0 aliphatic carbocycles. The lowest BCUT2D eigenvalue weighted by Gasteiger charge is -2.12. The molecule has 0 atom stereocenters. The summed E-state index contributed by atoms with van der Waals surface area (Å²) in [6.07, 6.45) is 1.00. The highest BCUT2D eigenvalue weighted by Crippen LogP contribution is 2.16. The van der Waals surface area contributed by atoms with Crippen LogP contribution in [0.5, 0.6) is 5.75 Å². The van der Waals surface area contributed by atoms with E-state index in [1.165, 1.54) is 5.56 Å². The zero-order valence-corrected chi connectivity index (χ0v) is 16.6. The van der Waals surface area contributed by atoms with Crippen molar-refractivity contribution in [2.45, 2.75) is 34.1 Å². The molecule has 0 fully saturated rings. The standard InChI is InChI=1S/C21H26N2O2S/c1-14(2)11-12-25-18-8-6-17(7-9-18)20(24)23-21(26)22-19-10-5-15(3)13-16(19)4/h5-10,13-14H,11-12H2,1-4H3,(H2,22,23,24,26). The number of hydrogen-bond donors (Lipinski definition) is 2. The second kappa shape index (κ2) is 9.34. The van der Waals surface area contributed by atoms with Crippen molar-refractivity contribution >= 4 is 28.9 Å². The van der Waals surface area contributed by atoms with E-state index in [4.69, 9.17) is 17.0 Å². The lowest BCUT2D eigenvalue weighted by Crippen LogP contribution is -2.34. The van der Waals surface area contributed by atoms with Crippen LogP contribution in [0.3, 0.4) is 0 Å². The SMILES string of the molecule is Cc1ccc(NC(=S)NC(=O)c2ccc(OCCC(C)C)cc2)c(C)c1. The Balaban J connectivity index is 1.89. The summed E-state index contributed by atoms with van der Waals surface area (Å²) in [5, 5.41) is 6.04. The summed E-state index contributed by atoms with van der Waals surface area (Å²) in [5.74, 6) is 1.12. The van der Waals surface area contributed by atoms with Crippen LogP contribution in [0.25, 0.3) is 0 Å². The molecule has 0 bridgehead atoms. The highest BCUT2D eigenvalue weighted by Gasteiger charge is 2.09. The minimum absolute atomic E-state index is 0.249. The second-order valence-electron chi connectivity index (χ2n) is 6.78. The van der Waals surface area contributed by atoms with E-state index in [1.807, 2.05) is 26.0 Å². The molecule has 5 heteroatoms. The molecule has 2 rings (SSSR count). The van der Waals surface area contributed by atoms with Crippen LogP contribution in [-0.2, 0) is 0 Å². The van der Waals surface area contributed by atoms with Gasteiger partial charge >= 0.3 is 0 Å². The number of rotatable bonds is 6. The Bertz CT molecular complexity index is 770. The maximum absolute atomic E-state index is 12.3. The van der Waals surface area contributed by atoms with Crippen LogP contribution >= 0.6 is 12.2 Å². The van der Waals surface area contributed by atoms with Crippen molar-refractivity contribution < 1.29 is 9.53 Å². The first-order valence-corrected chi connectivity index (χ1v) is 9.18. The van der Waals surface area contributed by atoms with Gasteiger partial charge in [0.25, 0.3) is 5.91 Å². The van der Waals surface area contributed by atoms with Crippen LogP contribution in [0, 0.1) is 19.8 Å². The summed E-state index contributed by atoms with van der Waals surface area (Å²) >= 11 is 5.24. The Morgan fingerprint density at radius 2 is 1.81 bits per heavy atom. The zero-order chi connectivity index (χ0) is 19.1. The van der Waals surface area contributed by atoms with Gasteiger partial charge < -0.3 is 10.1 Å². The first-order valence-electron chi connectivity index (χ1n) is 8.77. The van der Waals surface area contributed by atoms with Crippen molar-refractivity contribution in [3.05, 3.63) is 59.2 Å². The van der Waals surface area contributed by atoms with E-state index < -0.39 is 0 Å². The molecule has 138 valence electrons.